The molecule has 0 radical (unpaired) electrons. The normalized spacial score (nSPS) is 13.6. The number of hydrogen-bond donors (Lipinski definition) is 1. The molecule has 19 heavy (non-hydrogen) atoms. The third kappa shape index (κ3) is 3.94. The lowest BCUT2D eigenvalue weighted by Crippen LogP contribution is -2.45. The molecule has 0 aromatic heterocycles. The average molecular weight is 306 g/mol. The lowest BCUT2D eigenvalue weighted by Gasteiger charge is -2.26. The van der Waals surface area contributed by atoms with Crippen LogP contribution < -0.4 is 10.5 Å². The van der Waals surface area contributed by atoms with Gasteiger partial charge in [0.05, 0.1) is 6.61 Å². The molecule has 110 valence electrons. The molecule has 0 unspecified atom stereocenters. The fourth-order valence-corrected chi connectivity index (χ4v) is 1.35. The van der Waals surface area contributed by atoms with Crippen molar-refractivity contribution in [2.45, 2.75) is 25.1 Å². The van der Waals surface area contributed by atoms with Crippen molar-refractivity contribution < 1.29 is 26.7 Å². The van der Waals surface area contributed by atoms with E-state index >= 15 is 0 Å². The summed E-state index contributed by atoms with van der Waals surface area (Å²) in [6.45, 7) is 1.94. The zero-order chi connectivity index (χ0) is 14.0. The molecule has 0 fully saturated rings. The Morgan fingerprint density at radius 1 is 1.21 bits per heavy atom. The van der Waals surface area contributed by atoms with Crippen molar-refractivity contribution in [1.29, 1.82) is 0 Å². The van der Waals surface area contributed by atoms with Crippen LogP contribution in [-0.4, -0.2) is 18.7 Å². The summed E-state index contributed by atoms with van der Waals surface area (Å²) < 4.78 is 67.6. The Morgan fingerprint density at radius 2 is 1.79 bits per heavy atom. The van der Waals surface area contributed by atoms with E-state index < -0.39 is 18.1 Å². The first-order chi connectivity index (χ1) is 8.20. The minimum atomic E-state index is -5.69. The van der Waals surface area contributed by atoms with Gasteiger partial charge in [-0.1, -0.05) is 12.1 Å². The highest BCUT2D eigenvalue weighted by molar-refractivity contribution is 5.85. The van der Waals surface area contributed by atoms with Gasteiger partial charge in [0.15, 0.2) is 0 Å². The Balaban J connectivity index is 0.00000324. The number of halogens is 6. The Hall–Kier alpha value is -1.08. The van der Waals surface area contributed by atoms with Gasteiger partial charge in [0.2, 0.25) is 0 Å². The average Bonchev–Trinajstić information content (AvgIpc) is 2.27. The molecule has 2 nitrogen and oxygen atoms in total. The van der Waals surface area contributed by atoms with Crippen molar-refractivity contribution in [2.75, 3.05) is 6.61 Å². The van der Waals surface area contributed by atoms with E-state index in [1.807, 2.05) is 0 Å². The van der Waals surface area contributed by atoms with Crippen molar-refractivity contribution in [3.05, 3.63) is 29.8 Å². The van der Waals surface area contributed by atoms with E-state index in [4.69, 9.17) is 10.5 Å². The van der Waals surface area contributed by atoms with Gasteiger partial charge in [0.1, 0.15) is 11.8 Å². The second kappa shape index (κ2) is 6.38. The molecule has 0 aliphatic carbocycles. The molecule has 8 heteroatoms. The van der Waals surface area contributed by atoms with Gasteiger partial charge in [0.25, 0.3) is 0 Å². The van der Waals surface area contributed by atoms with Crippen LogP contribution in [0.3, 0.4) is 0 Å². The highest BCUT2D eigenvalue weighted by Crippen LogP contribution is 2.43. The lowest BCUT2D eigenvalue weighted by atomic mass is 10.0. The first kappa shape index (κ1) is 17.9. The summed E-state index contributed by atoms with van der Waals surface area (Å²) in [6.07, 6.45) is -5.69. The van der Waals surface area contributed by atoms with Crippen LogP contribution in [-0.2, 0) is 0 Å². The number of benzene rings is 1. The van der Waals surface area contributed by atoms with Gasteiger partial charge in [-0.2, -0.15) is 22.0 Å². The Kier molecular flexibility index (Phi) is 6.02. The summed E-state index contributed by atoms with van der Waals surface area (Å²) in [5.74, 6) is -4.79. The van der Waals surface area contributed by atoms with Crippen molar-refractivity contribution >= 4 is 12.4 Å². The van der Waals surface area contributed by atoms with Gasteiger partial charge in [-0.05, 0) is 24.6 Å². The third-order valence-corrected chi connectivity index (χ3v) is 2.30. The first-order valence-corrected chi connectivity index (χ1v) is 5.13. The largest absolute Gasteiger partial charge is 0.494 e. The summed E-state index contributed by atoms with van der Waals surface area (Å²) in [7, 11) is 0. The van der Waals surface area contributed by atoms with Gasteiger partial charge in [-0.15, -0.1) is 12.4 Å². The van der Waals surface area contributed by atoms with E-state index in [1.165, 1.54) is 12.1 Å². The fourth-order valence-electron chi connectivity index (χ4n) is 1.35. The standard InChI is InChI=1S/C11H12F5NO.ClH/c1-2-18-8-5-3-4-7(6-8)9(17)10(12,13)11(14,15)16;/h3-6,9H,2,17H2,1H3;1H/t9-;/m1./s1. The summed E-state index contributed by atoms with van der Waals surface area (Å²) in [5, 5.41) is 0. The predicted octanol–water partition coefficient (Wildman–Crippen LogP) is 3.70. The third-order valence-electron chi connectivity index (χ3n) is 2.30. The molecule has 1 aromatic rings. The zero-order valence-corrected chi connectivity index (χ0v) is 10.7. The van der Waals surface area contributed by atoms with Crippen LogP contribution in [0.1, 0.15) is 18.5 Å². The molecular weight excluding hydrogens is 293 g/mol. The molecule has 1 aromatic carbocycles. The van der Waals surface area contributed by atoms with E-state index in [1.54, 1.807) is 6.92 Å². The van der Waals surface area contributed by atoms with Gasteiger partial charge in [0, 0.05) is 0 Å². The number of nitrogens with two attached hydrogens (primary N) is 1. The van der Waals surface area contributed by atoms with Crippen LogP contribution in [0, 0.1) is 0 Å². The summed E-state index contributed by atoms with van der Waals surface area (Å²) in [4.78, 5) is 0. The van der Waals surface area contributed by atoms with Crippen LogP contribution >= 0.6 is 12.4 Å². The molecule has 0 spiro atoms. The van der Waals surface area contributed by atoms with Crippen molar-refractivity contribution in [1.82, 2.24) is 0 Å². The Morgan fingerprint density at radius 3 is 2.26 bits per heavy atom. The number of ether oxygens (including phenoxy) is 1. The molecule has 0 aliphatic rings. The molecule has 0 bridgehead atoms. The number of hydrogen-bond acceptors (Lipinski definition) is 2. The molecule has 0 amide bonds. The maximum absolute atomic E-state index is 13.0. The molecule has 1 atom stereocenters. The van der Waals surface area contributed by atoms with Crippen LogP contribution in [0.5, 0.6) is 5.75 Å². The fraction of sp³-hybridized carbons (Fsp3) is 0.455. The van der Waals surface area contributed by atoms with E-state index in [-0.39, 0.29) is 30.3 Å². The monoisotopic (exact) mass is 305 g/mol. The molecule has 0 saturated carbocycles. The summed E-state index contributed by atoms with van der Waals surface area (Å²) in [5.41, 5.74) is 4.67. The van der Waals surface area contributed by atoms with Crippen LogP contribution in [0.2, 0.25) is 0 Å². The van der Waals surface area contributed by atoms with E-state index in [0.717, 1.165) is 12.1 Å². The maximum Gasteiger partial charge on any atom is 0.455 e. The molecule has 0 saturated heterocycles. The number of alkyl halides is 5. The van der Waals surface area contributed by atoms with Gasteiger partial charge in [-0.25, -0.2) is 0 Å². The topological polar surface area (TPSA) is 35.2 Å². The molecule has 0 heterocycles. The van der Waals surface area contributed by atoms with Crippen LogP contribution in [0.25, 0.3) is 0 Å². The quantitative estimate of drug-likeness (QED) is 0.861. The van der Waals surface area contributed by atoms with Gasteiger partial charge >= 0.3 is 12.1 Å². The van der Waals surface area contributed by atoms with E-state index in [0.29, 0.717) is 0 Å². The molecule has 1 rings (SSSR count). The molecule has 0 aliphatic heterocycles. The van der Waals surface area contributed by atoms with Gasteiger partial charge in [-0.3, -0.25) is 0 Å². The number of rotatable bonds is 4. The minimum Gasteiger partial charge on any atom is -0.494 e. The SMILES string of the molecule is CCOc1cccc([C@@H](N)C(F)(F)C(F)(F)F)c1.Cl. The summed E-state index contributed by atoms with van der Waals surface area (Å²) >= 11 is 0. The van der Waals surface area contributed by atoms with Crippen molar-refractivity contribution in [3.63, 3.8) is 0 Å². The smallest absolute Gasteiger partial charge is 0.455 e. The predicted molar refractivity (Wildman–Crippen MR) is 62.8 cm³/mol. The van der Waals surface area contributed by atoms with E-state index in [2.05, 4.69) is 0 Å². The maximum atomic E-state index is 13.0. The highest BCUT2D eigenvalue weighted by Gasteiger charge is 2.61. The highest BCUT2D eigenvalue weighted by atomic mass is 35.5. The Bertz CT molecular complexity index is 410. The van der Waals surface area contributed by atoms with E-state index in [9.17, 15) is 22.0 Å². The molecule has 2 N–H and O–H groups in total. The van der Waals surface area contributed by atoms with Crippen molar-refractivity contribution in [3.8, 4) is 5.75 Å². The Labute approximate surface area is 113 Å². The van der Waals surface area contributed by atoms with Crippen LogP contribution in [0.4, 0.5) is 22.0 Å². The second-order valence-electron chi connectivity index (χ2n) is 3.60. The second-order valence-corrected chi connectivity index (χ2v) is 3.60. The molecular formula is C11H13ClF5NO. The summed E-state index contributed by atoms with van der Waals surface area (Å²) in [6, 6.07) is 2.48. The first-order valence-electron chi connectivity index (χ1n) is 5.13. The van der Waals surface area contributed by atoms with Crippen LogP contribution in [0.15, 0.2) is 24.3 Å². The minimum absolute atomic E-state index is 0. The zero-order valence-electron chi connectivity index (χ0n) is 9.88. The van der Waals surface area contributed by atoms with Gasteiger partial charge < -0.3 is 10.5 Å². The lowest BCUT2D eigenvalue weighted by molar-refractivity contribution is -0.291. The van der Waals surface area contributed by atoms with Crippen molar-refractivity contribution in [2.24, 2.45) is 5.73 Å².